The maximum atomic E-state index is 13.0. The number of carbonyl (C=O) groups is 2. The van der Waals surface area contributed by atoms with Gasteiger partial charge in [-0.05, 0) is 25.0 Å². The highest BCUT2D eigenvalue weighted by atomic mass is 16.5. The van der Waals surface area contributed by atoms with Crippen molar-refractivity contribution in [2.45, 2.75) is 52.0 Å². The zero-order chi connectivity index (χ0) is 19.1. The second-order valence-corrected chi connectivity index (χ2v) is 6.27. The fourth-order valence-corrected chi connectivity index (χ4v) is 3.24. The molecule has 3 amide bonds. The van der Waals surface area contributed by atoms with Crippen LogP contribution in [0.5, 0.6) is 5.75 Å². The van der Waals surface area contributed by atoms with Gasteiger partial charge in [-0.25, -0.2) is 4.79 Å². The van der Waals surface area contributed by atoms with E-state index in [-0.39, 0.29) is 17.6 Å². The van der Waals surface area contributed by atoms with E-state index in [9.17, 15) is 9.59 Å². The van der Waals surface area contributed by atoms with E-state index in [4.69, 9.17) is 9.47 Å². The van der Waals surface area contributed by atoms with Crippen LogP contribution in [0.25, 0.3) is 5.76 Å². The van der Waals surface area contributed by atoms with Crippen molar-refractivity contribution in [1.82, 2.24) is 10.2 Å². The number of methoxy groups -OCH3 is 2. The molecule has 6 nitrogen and oxygen atoms in total. The summed E-state index contributed by atoms with van der Waals surface area (Å²) in [7, 11) is 3.04. The smallest absolute Gasteiger partial charge is 0.329 e. The molecule has 1 aliphatic heterocycles. The summed E-state index contributed by atoms with van der Waals surface area (Å²) in [5.41, 5.74) is 0.790. The Labute approximate surface area is 155 Å². The number of rotatable bonds is 9. The zero-order valence-corrected chi connectivity index (χ0v) is 16.0. The lowest BCUT2D eigenvalue weighted by molar-refractivity contribution is -0.124. The predicted octanol–water partition coefficient (Wildman–Crippen LogP) is 3.92. The van der Waals surface area contributed by atoms with Gasteiger partial charge in [0, 0.05) is 6.04 Å². The molecule has 0 spiro atoms. The van der Waals surface area contributed by atoms with Gasteiger partial charge in [0.2, 0.25) is 0 Å². The lowest BCUT2D eigenvalue weighted by atomic mass is 10.0. The van der Waals surface area contributed by atoms with E-state index >= 15 is 0 Å². The second-order valence-electron chi connectivity index (χ2n) is 6.27. The number of unbranched alkanes of at least 4 members (excludes halogenated alkanes) is 2. The van der Waals surface area contributed by atoms with Crippen LogP contribution in [0.15, 0.2) is 30.0 Å². The Morgan fingerprint density at radius 1 is 1.15 bits per heavy atom. The van der Waals surface area contributed by atoms with Crippen molar-refractivity contribution in [2.24, 2.45) is 0 Å². The zero-order valence-electron chi connectivity index (χ0n) is 16.0. The molecule has 0 radical (unpaired) electrons. The first-order valence-electron chi connectivity index (χ1n) is 9.15. The number of nitrogens with zero attached hydrogens (tertiary/aromatic N) is 1. The number of carbonyl (C=O) groups excluding carboxylic acids is 2. The number of amides is 3. The van der Waals surface area contributed by atoms with Crippen LogP contribution in [-0.4, -0.2) is 37.1 Å². The number of urea groups is 1. The molecule has 142 valence electrons. The van der Waals surface area contributed by atoms with Crippen molar-refractivity contribution in [2.75, 3.05) is 14.2 Å². The SMILES string of the molecule is CCCCCC(CC)N1C(=O)NC(=C(OC)c2ccccc2OC)C1=O. The van der Waals surface area contributed by atoms with Gasteiger partial charge in [0.15, 0.2) is 11.5 Å². The van der Waals surface area contributed by atoms with E-state index in [0.29, 0.717) is 17.1 Å². The average Bonchev–Trinajstić information content (AvgIpc) is 2.94. The number of hydrogen-bond acceptors (Lipinski definition) is 4. The van der Waals surface area contributed by atoms with Gasteiger partial charge in [0.05, 0.1) is 19.8 Å². The molecule has 0 saturated carbocycles. The van der Waals surface area contributed by atoms with Gasteiger partial charge in [0.1, 0.15) is 5.75 Å². The van der Waals surface area contributed by atoms with Gasteiger partial charge in [0.25, 0.3) is 5.91 Å². The van der Waals surface area contributed by atoms with Gasteiger partial charge in [-0.2, -0.15) is 0 Å². The minimum Gasteiger partial charge on any atom is -0.496 e. The minimum absolute atomic E-state index is 0.109. The Hall–Kier alpha value is -2.50. The van der Waals surface area contributed by atoms with Crippen LogP contribution in [0.4, 0.5) is 4.79 Å². The van der Waals surface area contributed by atoms with Gasteiger partial charge in [-0.15, -0.1) is 0 Å². The summed E-state index contributed by atoms with van der Waals surface area (Å²) in [4.78, 5) is 26.8. The van der Waals surface area contributed by atoms with Crippen molar-refractivity contribution >= 4 is 17.7 Å². The number of para-hydroxylation sites is 1. The Morgan fingerprint density at radius 3 is 2.50 bits per heavy atom. The molecule has 1 heterocycles. The van der Waals surface area contributed by atoms with Crippen LogP contribution in [0.1, 0.15) is 51.5 Å². The van der Waals surface area contributed by atoms with Gasteiger partial charge >= 0.3 is 6.03 Å². The van der Waals surface area contributed by atoms with Crippen molar-refractivity contribution < 1.29 is 19.1 Å². The van der Waals surface area contributed by atoms with Crippen LogP contribution in [0, 0.1) is 0 Å². The summed E-state index contributed by atoms with van der Waals surface area (Å²) < 4.78 is 10.8. The fraction of sp³-hybridized carbons (Fsp3) is 0.500. The van der Waals surface area contributed by atoms with Crippen LogP contribution < -0.4 is 10.1 Å². The molecule has 0 bridgehead atoms. The molecule has 6 heteroatoms. The van der Waals surface area contributed by atoms with Crippen molar-refractivity contribution in [3.8, 4) is 5.75 Å². The topological polar surface area (TPSA) is 67.9 Å². The van der Waals surface area contributed by atoms with Crippen LogP contribution in [0.3, 0.4) is 0 Å². The molecule has 1 saturated heterocycles. The third-order valence-electron chi connectivity index (χ3n) is 4.64. The van der Waals surface area contributed by atoms with E-state index in [1.807, 2.05) is 19.1 Å². The first-order valence-corrected chi connectivity index (χ1v) is 9.15. The third kappa shape index (κ3) is 4.00. The minimum atomic E-state index is -0.391. The highest BCUT2D eigenvalue weighted by Crippen LogP contribution is 2.31. The van der Waals surface area contributed by atoms with E-state index < -0.39 is 6.03 Å². The first-order chi connectivity index (χ1) is 12.6. The molecule has 0 aromatic heterocycles. The molecule has 26 heavy (non-hydrogen) atoms. The number of imide groups is 1. The Kier molecular flexibility index (Phi) is 7.06. The molecule has 2 rings (SSSR count). The van der Waals surface area contributed by atoms with E-state index in [2.05, 4.69) is 12.2 Å². The lowest BCUT2D eigenvalue weighted by Gasteiger charge is -2.23. The predicted molar refractivity (Wildman–Crippen MR) is 101 cm³/mol. The molecule has 1 aromatic rings. The number of benzene rings is 1. The molecule has 1 fully saturated rings. The number of ether oxygens (including phenoxy) is 2. The Bertz CT molecular complexity index is 684. The maximum Gasteiger partial charge on any atom is 0.329 e. The second kappa shape index (κ2) is 9.27. The van der Waals surface area contributed by atoms with Crippen LogP contribution in [-0.2, 0) is 9.53 Å². The highest BCUT2D eigenvalue weighted by Gasteiger charge is 2.40. The Morgan fingerprint density at radius 2 is 1.88 bits per heavy atom. The lowest BCUT2D eigenvalue weighted by Crippen LogP contribution is -2.40. The van der Waals surface area contributed by atoms with Gasteiger partial charge in [-0.3, -0.25) is 15.0 Å². The Balaban J connectivity index is 2.36. The van der Waals surface area contributed by atoms with Gasteiger partial charge in [-0.1, -0.05) is 45.2 Å². The van der Waals surface area contributed by atoms with Crippen molar-refractivity contribution in [1.29, 1.82) is 0 Å². The summed E-state index contributed by atoms with van der Waals surface area (Å²) in [5, 5.41) is 2.70. The van der Waals surface area contributed by atoms with Crippen LogP contribution in [0.2, 0.25) is 0 Å². The monoisotopic (exact) mass is 360 g/mol. The quantitative estimate of drug-likeness (QED) is 0.314. The summed E-state index contributed by atoms with van der Waals surface area (Å²) in [5.74, 6) is 0.542. The van der Waals surface area contributed by atoms with Crippen LogP contribution >= 0.6 is 0 Å². The van der Waals surface area contributed by atoms with Crippen molar-refractivity contribution in [3.05, 3.63) is 35.5 Å². The third-order valence-corrected chi connectivity index (χ3v) is 4.64. The molecule has 1 aromatic carbocycles. The summed E-state index contributed by atoms with van der Waals surface area (Å²) in [6.07, 6.45) is 4.73. The first kappa shape index (κ1) is 19.8. The molecular formula is C20H28N2O4. The van der Waals surface area contributed by atoms with E-state index in [0.717, 1.165) is 32.1 Å². The largest absolute Gasteiger partial charge is 0.496 e. The standard InChI is InChI=1S/C20H28N2O4/c1-5-7-8-11-14(6-2)22-19(23)17(21-20(22)24)18(26-4)15-12-9-10-13-16(15)25-3/h9-10,12-14H,5-8,11H2,1-4H3,(H,21,24). The maximum absolute atomic E-state index is 13.0. The molecular weight excluding hydrogens is 332 g/mol. The molecule has 0 aliphatic carbocycles. The number of hydrogen-bond donors (Lipinski definition) is 1. The number of nitrogens with one attached hydrogen (secondary N) is 1. The average molecular weight is 360 g/mol. The summed E-state index contributed by atoms with van der Waals surface area (Å²) in [6.45, 7) is 4.13. The summed E-state index contributed by atoms with van der Waals surface area (Å²) >= 11 is 0. The summed E-state index contributed by atoms with van der Waals surface area (Å²) in [6, 6.07) is 6.75. The molecule has 1 aliphatic rings. The molecule has 1 unspecified atom stereocenters. The van der Waals surface area contributed by atoms with Crippen molar-refractivity contribution in [3.63, 3.8) is 0 Å². The molecule has 1 N–H and O–H groups in total. The fourth-order valence-electron chi connectivity index (χ4n) is 3.24. The normalized spacial score (nSPS) is 17.2. The van der Waals surface area contributed by atoms with E-state index in [1.165, 1.54) is 12.0 Å². The van der Waals surface area contributed by atoms with Gasteiger partial charge < -0.3 is 9.47 Å². The molecule has 1 atom stereocenters. The van der Waals surface area contributed by atoms with E-state index in [1.54, 1.807) is 19.2 Å². The highest BCUT2D eigenvalue weighted by molar-refractivity contribution is 6.15.